The van der Waals surface area contributed by atoms with Gasteiger partial charge in [-0.25, -0.2) is 0 Å². The molecule has 2 fully saturated rings. The van der Waals surface area contributed by atoms with Gasteiger partial charge in [-0.05, 0) is 55.9 Å². The van der Waals surface area contributed by atoms with Crippen molar-refractivity contribution in [2.45, 2.75) is 50.2 Å². The minimum atomic E-state index is 0.157. The molecular weight excluding hydrogens is 268 g/mol. The van der Waals surface area contributed by atoms with Crippen LogP contribution in [-0.2, 0) is 4.74 Å². The number of thioether (sulfide) groups is 1. The van der Waals surface area contributed by atoms with Crippen LogP contribution in [0.5, 0.6) is 0 Å². The molecule has 0 aliphatic carbocycles. The van der Waals surface area contributed by atoms with Crippen LogP contribution in [0.2, 0.25) is 0 Å². The van der Waals surface area contributed by atoms with Gasteiger partial charge in [-0.3, -0.25) is 11.3 Å². The smallest absolute Gasteiger partial charge is 0.0701 e. The summed E-state index contributed by atoms with van der Waals surface area (Å²) in [7, 11) is 0. The van der Waals surface area contributed by atoms with Gasteiger partial charge in [0.2, 0.25) is 0 Å². The monoisotopic (exact) mass is 292 g/mol. The lowest BCUT2D eigenvalue weighted by Gasteiger charge is -2.45. The SMILES string of the molecule is NNC(CCCCl)C1CCOC2(CCSCC2)C1. The van der Waals surface area contributed by atoms with Crippen molar-refractivity contribution in [2.24, 2.45) is 11.8 Å². The van der Waals surface area contributed by atoms with E-state index in [9.17, 15) is 0 Å². The Morgan fingerprint density at radius 3 is 2.89 bits per heavy atom. The van der Waals surface area contributed by atoms with E-state index in [1.807, 2.05) is 0 Å². The molecule has 0 saturated carbocycles. The molecule has 2 aliphatic heterocycles. The molecule has 106 valence electrons. The Balaban J connectivity index is 1.91. The molecule has 0 aromatic carbocycles. The Morgan fingerprint density at radius 2 is 2.22 bits per heavy atom. The molecule has 0 aromatic rings. The van der Waals surface area contributed by atoms with Crippen LogP contribution in [0.15, 0.2) is 0 Å². The van der Waals surface area contributed by atoms with E-state index in [1.165, 1.54) is 30.8 Å². The first-order chi connectivity index (χ1) is 8.79. The van der Waals surface area contributed by atoms with Crippen molar-refractivity contribution in [1.29, 1.82) is 0 Å². The Labute approximate surface area is 120 Å². The fourth-order valence-electron chi connectivity index (χ4n) is 3.25. The number of hydrogen-bond acceptors (Lipinski definition) is 4. The molecule has 18 heavy (non-hydrogen) atoms. The van der Waals surface area contributed by atoms with Crippen molar-refractivity contribution >= 4 is 23.4 Å². The maximum Gasteiger partial charge on any atom is 0.0701 e. The molecule has 3 N–H and O–H groups in total. The van der Waals surface area contributed by atoms with Crippen molar-refractivity contribution < 1.29 is 4.74 Å². The summed E-state index contributed by atoms with van der Waals surface area (Å²) in [5.41, 5.74) is 3.17. The number of halogens is 1. The highest BCUT2D eigenvalue weighted by molar-refractivity contribution is 7.99. The highest BCUT2D eigenvalue weighted by Crippen LogP contribution is 2.41. The van der Waals surface area contributed by atoms with E-state index < -0.39 is 0 Å². The lowest BCUT2D eigenvalue weighted by molar-refractivity contribution is -0.107. The van der Waals surface area contributed by atoms with Gasteiger partial charge in [0.05, 0.1) is 5.60 Å². The zero-order valence-corrected chi connectivity index (χ0v) is 12.6. The number of hydrogen-bond donors (Lipinski definition) is 2. The number of rotatable bonds is 5. The Morgan fingerprint density at radius 1 is 1.44 bits per heavy atom. The maximum absolute atomic E-state index is 6.13. The van der Waals surface area contributed by atoms with E-state index in [4.69, 9.17) is 22.2 Å². The minimum Gasteiger partial charge on any atom is -0.375 e. The summed E-state index contributed by atoms with van der Waals surface area (Å²) in [5.74, 6) is 9.59. The van der Waals surface area contributed by atoms with E-state index in [1.54, 1.807) is 0 Å². The maximum atomic E-state index is 6.13. The number of ether oxygens (including phenoxy) is 1. The Hall–Kier alpha value is 0.520. The molecule has 1 spiro atoms. The molecule has 2 atom stereocenters. The number of nitrogens with one attached hydrogen (secondary N) is 1. The van der Waals surface area contributed by atoms with E-state index in [-0.39, 0.29) is 5.60 Å². The second-order valence-electron chi connectivity index (χ2n) is 5.50. The number of alkyl halides is 1. The average molecular weight is 293 g/mol. The van der Waals surface area contributed by atoms with E-state index in [0.29, 0.717) is 12.0 Å². The molecule has 2 unspecified atom stereocenters. The van der Waals surface area contributed by atoms with E-state index >= 15 is 0 Å². The Kier molecular flexibility index (Phi) is 6.09. The van der Waals surface area contributed by atoms with Gasteiger partial charge in [0.1, 0.15) is 0 Å². The topological polar surface area (TPSA) is 47.3 Å². The number of nitrogens with two attached hydrogens (primary N) is 1. The highest BCUT2D eigenvalue weighted by atomic mass is 35.5. The van der Waals surface area contributed by atoms with Gasteiger partial charge in [-0.2, -0.15) is 11.8 Å². The molecule has 0 aromatic heterocycles. The van der Waals surface area contributed by atoms with Gasteiger partial charge < -0.3 is 4.74 Å². The molecule has 0 radical (unpaired) electrons. The van der Waals surface area contributed by atoms with Crippen molar-refractivity contribution in [3.05, 3.63) is 0 Å². The summed E-state index contributed by atoms with van der Waals surface area (Å²) < 4.78 is 6.13. The zero-order chi connectivity index (χ0) is 12.8. The number of hydrazine groups is 1. The first-order valence-electron chi connectivity index (χ1n) is 7.03. The van der Waals surface area contributed by atoms with Gasteiger partial charge in [-0.15, -0.1) is 11.6 Å². The van der Waals surface area contributed by atoms with E-state index in [2.05, 4.69) is 17.2 Å². The summed E-state index contributed by atoms with van der Waals surface area (Å²) >= 11 is 7.84. The van der Waals surface area contributed by atoms with Crippen LogP contribution in [0.25, 0.3) is 0 Å². The third-order valence-electron chi connectivity index (χ3n) is 4.37. The molecule has 2 heterocycles. The van der Waals surface area contributed by atoms with Crippen LogP contribution in [0.3, 0.4) is 0 Å². The zero-order valence-electron chi connectivity index (χ0n) is 11.0. The van der Waals surface area contributed by atoms with Crippen LogP contribution < -0.4 is 11.3 Å². The first kappa shape index (κ1) is 14.9. The summed E-state index contributed by atoms with van der Waals surface area (Å²) in [6.45, 7) is 0.897. The van der Waals surface area contributed by atoms with Gasteiger partial charge in [0, 0.05) is 18.5 Å². The van der Waals surface area contributed by atoms with Crippen LogP contribution >= 0.6 is 23.4 Å². The fraction of sp³-hybridized carbons (Fsp3) is 1.00. The summed E-state index contributed by atoms with van der Waals surface area (Å²) in [6, 6.07) is 0.402. The van der Waals surface area contributed by atoms with Gasteiger partial charge in [-0.1, -0.05) is 0 Å². The van der Waals surface area contributed by atoms with Crippen LogP contribution in [0, 0.1) is 5.92 Å². The van der Waals surface area contributed by atoms with Crippen molar-refractivity contribution in [3.63, 3.8) is 0 Å². The second kappa shape index (κ2) is 7.34. The summed E-state index contributed by atoms with van der Waals surface area (Å²) in [5, 5.41) is 0. The normalized spacial score (nSPS) is 29.3. The highest BCUT2D eigenvalue weighted by Gasteiger charge is 2.40. The lowest BCUT2D eigenvalue weighted by Crippen LogP contribution is -2.50. The summed E-state index contributed by atoms with van der Waals surface area (Å²) in [6.07, 6.45) is 6.84. The van der Waals surface area contributed by atoms with E-state index in [0.717, 1.165) is 31.7 Å². The van der Waals surface area contributed by atoms with Crippen molar-refractivity contribution in [2.75, 3.05) is 24.0 Å². The fourth-order valence-corrected chi connectivity index (χ4v) is 4.64. The minimum absolute atomic E-state index is 0.157. The summed E-state index contributed by atoms with van der Waals surface area (Å²) in [4.78, 5) is 0. The van der Waals surface area contributed by atoms with Crippen LogP contribution in [0.1, 0.15) is 38.5 Å². The molecular formula is C13H25ClN2OS. The van der Waals surface area contributed by atoms with Crippen molar-refractivity contribution in [1.82, 2.24) is 5.43 Å². The Bertz CT molecular complexity index is 244. The average Bonchev–Trinajstić information content (AvgIpc) is 2.41. The molecule has 2 rings (SSSR count). The van der Waals surface area contributed by atoms with Gasteiger partial charge in [0.15, 0.2) is 0 Å². The standard InChI is InChI=1S/C13H25ClN2OS/c14-6-1-2-12(16-15)11-3-7-17-13(10-11)4-8-18-9-5-13/h11-12,16H,1-10,15H2. The second-order valence-corrected chi connectivity index (χ2v) is 7.10. The molecule has 2 aliphatic rings. The van der Waals surface area contributed by atoms with Crippen LogP contribution in [0.4, 0.5) is 0 Å². The first-order valence-corrected chi connectivity index (χ1v) is 8.72. The van der Waals surface area contributed by atoms with Gasteiger partial charge >= 0.3 is 0 Å². The predicted octanol–water partition coefficient (Wildman–Crippen LogP) is 2.53. The lowest BCUT2D eigenvalue weighted by atomic mass is 9.78. The van der Waals surface area contributed by atoms with Crippen molar-refractivity contribution in [3.8, 4) is 0 Å². The molecule has 2 saturated heterocycles. The molecule has 3 nitrogen and oxygen atoms in total. The molecule has 5 heteroatoms. The van der Waals surface area contributed by atoms with Gasteiger partial charge in [0.25, 0.3) is 0 Å². The quantitative estimate of drug-likeness (QED) is 0.464. The third kappa shape index (κ3) is 3.76. The largest absolute Gasteiger partial charge is 0.375 e. The third-order valence-corrected chi connectivity index (χ3v) is 5.62. The molecule has 0 bridgehead atoms. The molecule has 0 amide bonds. The van der Waals surface area contributed by atoms with Crippen LogP contribution in [-0.4, -0.2) is 35.6 Å². The predicted molar refractivity (Wildman–Crippen MR) is 79.0 cm³/mol.